The average molecular weight is 404 g/mol. The van der Waals surface area contributed by atoms with E-state index in [4.69, 9.17) is 4.74 Å². The molecule has 2 atom stereocenters. The largest absolute Gasteiger partial charge is 0.494 e. The number of ether oxygens (including phenoxy) is 1. The van der Waals surface area contributed by atoms with Gasteiger partial charge in [-0.05, 0) is 46.0 Å². The Morgan fingerprint density at radius 1 is 1.17 bits per heavy atom. The van der Waals surface area contributed by atoms with E-state index in [1.807, 2.05) is 4.90 Å². The number of carbonyl (C=O) groups excluding carboxylic acids is 2. The fourth-order valence-electron chi connectivity index (χ4n) is 4.24. The summed E-state index contributed by atoms with van der Waals surface area (Å²) in [7, 11) is 5.70. The van der Waals surface area contributed by atoms with Crippen molar-refractivity contribution in [1.82, 2.24) is 25.0 Å². The first kappa shape index (κ1) is 21.5. The standard InChI is InChI=1S/C21H33N5O3/c1-24-9-4-10-26(12-11-24)20(27)13-16-5-6-17(25(16)2)14-23-21(28)18-7-8-22-15-19(18)29-3/h7-8,15-17H,4-6,9-14H2,1-3H3,(H,23,28)/t16-,17+/m1/s1. The van der Waals surface area contributed by atoms with Crippen molar-refractivity contribution in [3.8, 4) is 5.75 Å². The average Bonchev–Trinajstić information content (AvgIpc) is 2.92. The van der Waals surface area contributed by atoms with E-state index in [2.05, 4.69) is 34.2 Å². The van der Waals surface area contributed by atoms with E-state index in [1.54, 1.807) is 18.5 Å². The second-order valence-corrected chi connectivity index (χ2v) is 8.08. The first-order chi connectivity index (χ1) is 14.0. The van der Waals surface area contributed by atoms with Crippen molar-refractivity contribution >= 4 is 11.8 Å². The van der Waals surface area contributed by atoms with Gasteiger partial charge in [0.1, 0.15) is 5.75 Å². The number of likely N-dealkylation sites (tertiary alicyclic amines) is 1. The molecule has 0 aliphatic carbocycles. The number of hydrogen-bond acceptors (Lipinski definition) is 6. The molecule has 0 unspecified atom stereocenters. The Kier molecular flexibility index (Phi) is 7.44. The van der Waals surface area contributed by atoms with Crippen LogP contribution in [-0.2, 0) is 4.79 Å². The van der Waals surface area contributed by atoms with Crippen molar-refractivity contribution in [3.63, 3.8) is 0 Å². The Morgan fingerprint density at radius 3 is 2.76 bits per heavy atom. The molecular weight excluding hydrogens is 370 g/mol. The number of methoxy groups -OCH3 is 1. The van der Waals surface area contributed by atoms with Gasteiger partial charge in [-0.2, -0.15) is 0 Å². The van der Waals surface area contributed by atoms with Gasteiger partial charge in [-0.15, -0.1) is 0 Å². The zero-order valence-electron chi connectivity index (χ0n) is 17.8. The van der Waals surface area contributed by atoms with Crippen molar-refractivity contribution < 1.29 is 14.3 Å². The van der Waals surface area contributed by atoms with Crippen LogP contribution in [0.25, 0.3) is 0 Å². The molecule has 1 aromatic rings. The van der Waals surface area contributed by atoms with Crippen molar-refractivity contribution in [2.75, 3.05) is 53.9 Å². The molecule has 0 bridgehead atoms. The van der Waals surface area contributed by atoms with Crippen LogP contribution >= 0.6 is 0 Å². The summed E-state index contributed by atoms with van der Waals surface area (Å²) in [6.07, 6.45) is 6.68. The zero-order valence-corrected chi connectivity index (χ0v) is 17.8. The number of amides is 2. The predicted octanol–water partition coefficient (Wildman–Crippen LogP) is 0.837. The van der Waals surface area contributed by atoms with Crippen LogP contribution in [0.4, 0.5) is 0 Å². The minimum atomic E-state index is -0.161. The van der Waals surface area contributed by atoms with Gasteiger partial charge in [0.05, 0.1) is 18.9 Å². The van der Waals surface area contributed by atoms with Gasteiger partial charge < -0.3 is 19.9 Å². The first-order valence-electron chi connectivity index (χ1n) is 10.4. The summed E-state index contributed by atoms with van der Waals surface area (Å²) in [6, 6.07) is 2.13. The molecule has 3 rings (SSSR count). The fraction of sp³-hybridized carbons (Fsp3) is 0.667. The minimum Gasteiger partial charge on any atom is -0.494 e. The normalized spacial score (nSPS) is 23.6. The Bertz CT molecular complexity index is 713. The van der Waals surface area contributed by atoms with Gasteiger partial charge >= 0.3 is 0 Å². The van der Waals surface area contributed by atoms with Crippen LogP contribution in [0.5, 0.6) is 5.75 Å². The molecule has 2 aliphatic rings. The molecule has 1 aromatic heterocycles. The van der Waals surface area contributed by atoms with Gasteiger partial charge in [0.25, 0.3) is 5.91 Å². The van der Waals surface area contributed by atoms with E-state index in [0.29, 0.717) is 24.3 Å². The number of nitrogens with one attached hydrogen (secondary N) is 1. The molecule has 3 heterocycles. The second-order valence-electron chi connectivity index (χ2n) is 8.08. The summed E-state index contributed by atoms with van der Waals surface area (Å²) < 4.78 is 5.21. The van der Waals surface area contributed by atoms with E-state index in [-0.39, 0.29) is 23.9 Å². The third-order valence-electron chi connectivity index (χ3n) is 6.21. The number of carbonyl (C=O) groups is 2. The second kappa shape index (κ2) is 10.0. The number of pyridine rings is 1. The number of hydrogen-bond donors (Lipinski definition) is 1. The molecule has 2 saturated heterocycles. The van der Waals surface area contributed by atoms with E-state index in [1.165, 1.54) is 7.11 Å². The van der Waals surface area contributed by atoms with Crippen molar-refractivity contribution in [2.24, 2.45) is 0 Å². The van der Waals surface area contributed by atoms with Crippen LogP contribution in [-0.4, -0.2) is 97.5 Å². The Hall–Kier alpha value is -2.19. The molecule has 0 aromatic carbocycles. The van der Waals surface area contributed by atoms with E-state index in [0.717, 1.165) is 45.4 Å². The highest BCUT2D eigenvalue weighted by molar-refractivity contribution is 5.96. The molecule has 29 heavy (non-hydrogen) atoms. The van der Waals surface area contributed by atoms with Gasteiger partial charge in [0.2, 0.25) is 5.91 Å². The molecule has 8 heteroatoms. The molecule has 160 valence electrons. The number of aromatic nitrogens is 1. The topological polar surface area (TPSA) is 78.0 Å². The van der Waals surface area contributed by atoms with Crippen molar-refractivity contribution in [2.45, 2.75) is 37.8 Å². The molecule has 1 N–H and O–H groups in total. The van der Waals surface area contributed by atoms with Gasteiger partial charge in [-0.3, -0.25) is 19.5 Å². The van der Waals surface area contributed by atoms with Crippen LogP contribution in [0.15, 0.2) is 18.5 Å². The molecule has 2 aliphatic heterocycles. The lowest BCUT2D eigenvalue weighted by Gasteiger charge is -2.28. The van der Waals surface area contributed by atoms with Crippen LogP contribution in [0.2, 0.25) is 0 Å². The molecule has 0 radical (unpaired) electrons. The number of rotatable bonds is 6. The van der Waals surface area contributed by atoms with E-state index >= 15 is 0 Å². The maximum atomic E-state index is 12.8. The lowest BCUT2D eigenvalue weighted by molar-refractivity contribution is -0.132. The highest BCUT2D eigenvalue weighted by Gasteiger charge is 2.33. The lowest BCUT2D eigenvalue weighted by atomic mass is 10.1. The summed E-state index contributed by atoms with van der Waals surface area (Å²) in [6.45, 7) is 4.22. The molecule has 2 fully saturated rings. The van der Waals surface area contributed by atoms with Crippen LogP contribution in [0.3, 0.4) is 0 Å². The zero-order chi connectivity index (χ0) is 20.8. The van der Waals surface area contributed by atoms with Gasteiger partial charge in [0, 0.05) is 50.9 Å². The quantitative estimate of drug-likeness (QED) is 0.758. The maximum absolute atomic E-state index is 12.8. The molecule has 0 spiro atoms. The third kappa shape index (κ3) is 5.45. The predicted molar refractivity (Wildman–Crippen MR) is 111 cm³/mol. The smallest absolute Gasteiger partial charge is 0.255 e. The third-order valence-corrected chi connectivity index (χ3v) is 6.21. The lowest BCUT2D eigenvalue weighted by Crippen LogP contribution is -2.43. The Labute approximate surface area is 173 Å². The summed E-state index contributed by atoms with van der Waals surface area (Å²) in [5.41, 5.74) is 0.487. The van der Waals surface area contributed by atoms with Gasteiger partial charge in [-0.25, -0.2) is 0 Å². The molecule has 0 saturated carbocycles. The highest BCUT2D eigenvalue weighted by Crippen LogP contribution is 2.25. The minimum absolute atomic E-state index is 0.161. The Morgan fingerprint density at radius 2 is 1.97 bits per heavy atom. The molecular formula is C21H33N5O3. The van der Waals surface area contributed by atoms with Gasteiger partial charge in [0.15, 0.2) is 0 Å². The number of nitrogens with zero attached hydrogens (tertiary/aromatic N) is 4. The first-order valence-corrected chi connectivity index (χ1v) is 10.4. The van der Waals surface area contributed by atoms with E-state index in [9.17, 15) is 9.59 Å². The van der Waals surface area contributed by atoms with Crippen LogP contribution < -0.4 is 10.1 Å². The summed E-state index contributed by atoms with van der Waals surface area (Å²) in [5, 5.41) is 3.01. The fourth-order valence-corrected chi connectivity index (χ4v) is 4.24. The van der Waals surface area contributed by atoms with Crippen molar-refractivity contribution in [1.29, 1.82) is 0 Å². The van der Waals surface area contributed by atoms with Crippen molar-refractivity contribution in [3.05, 3.63) is 24.0 Å². The maximum Gasteiger partial charge on any atom is 0.255 e. The van der Waals surface area contributed by atoms with Crippen LogP contribution in [0, 0.1) is 0 Å². The molecule has 8 nitrogen and oxygen atoms in total. The van der Waals surface area contributed by atoms with Gasteiger partial charge in [-0.1, -0.05) is 0 Å². The summed E-state index contributed by atoms with van der Waals surface area (Å²) >= 11 is 0. The summed E-state index contributed by atoms with van der Waals surface area (Å²) in [5.74, 6) is 0.561. The van der Waals surface area contributed by atoms with Crippen LogP contribution in [0.1, 0.15) is 36.0 Å². The highest BCUT2D eigenvalue weighted by atomic mass is 16.5. The monoisotopic (exact) mass is 403 g/mol. The van der Waals surface area contributed by atoms with E-state index < -0.39 is 0 Å². The summed E-state index contributed by atoms with van der Waals surface area (Å²) in [4.78, 5) is 35.8. The Balaban J connectivity index is 1.48. The number of likely N-dealkylation sites (N-methyl/N-ethyl adjacent to an activating group) is 2. The SMILES string of the molecule is COc1cnccc1C(=O)NC[C@@H]1CC[C@H](CC(=O)N2CCCN(C)CC2)N1C. The molecule has 2 amide bonds.